The lowest BCUT2D eigenvalue weighted by molar-refractivity contribution is -0.389. The van der Waals surface area contributed by atoms with Crippen LogP contribution in [0.2, 0.25) is 0 Å². The van der Waals surface area contributed by atoms with E-state index in [1.807, 2.05) is 6.92 Å². The molecule has 0 unspecified atom stereocenters. The molecule has 1 aromatic carbocycles. The summed E-state index contributed by atoms with van der Waals surface area (Å²) in [4.78, 5) is 25.7. The maximum atomic E-state index is 11.5. The van der Waals surface area contributed by atoms with E-state index in [1.165, 1.54) is 28.9 Å². The Labute approximate surface area is 118 Å². The molecule has 0 amide bonds. The third kappa shape index (κ3) is 2.64. The van der Waals surface area contributed by atoms with Gasteiger partial charge in [0.15, 0.2) is 0 Å². The van der Waals surface area contributed by atoms with Gasteiger partial charge in [-0.3, -0.25) is 4.57 Å². The second-order valence-corrected chi connectivity index (χ2v) is 5.09. The summed E-state index contributed by atoms with van der Waals surface area (Å²) in [6, 6.07) is 5.02. The second-order valence-electron chi connectivity index (χ2n) is 3.78. The average molecular weight is 293 g/mol. The molecule has 1 heterocycles. The van der Waals surface area contributed by atoms with Crippen molar-refractivity contribution in [2.24, 2.45) is 0 Å². The van der Waals surface area contributed by atoms with E-state index in [0.29, 0.717) is 10.6 Å². The number of nitrogens with zero attached hydrogens (tertiary/aromatic N) is 3. The summed E-state index contributed by atoms with van der Waals surface area (Å²) in [6.45, 7) is 1.92. The normalized spacial score (nSPS) is 10.4. The molecule has 20 heavy (non-hydrogen) atoms. The van der Waals surface area contributed by atoms with Crippen molar-refractivity contribution in [3.8, 4) is 5.69 Å². The second kappa shape index (κ2) is 5.74. The number of nitro groups is 1. The summed E-state index contributed by atoms with van der Waals surface area (Å²) in [7, 11) is 0. The van der Waals surface area contributed by atoms with Crippen LogP contribution in [0.25, 0.3) is 5.69 Å². The maximum Gasteiger partial charge on any atom is 0.381 e. The molecule has 0 radical (unpaired) electrons. The van der Waals surface area contributed by atoms with Crippen molar-refractivity contribution >= 4 is 23.5 Å². The van der Waals surface area contributed by atoms with Crippen molar-refractivity contribution in [3.05, 3.63) is 46.4 Å². The molecular formula is C12H11N3O4S. The van der Waals surface area contributed by atoms with Gasteiger partial charge in [0.1, 0.15) is 6.20 Å². The first-order valence-corrected chi connectivity index (χ1v) is 6.71. The zero-order valence-electron chi connectivity index (χ0n) is 10.5. The van der Waals surface area contributed by atoms with Crippen molar-refractivity contribution in [2.75, 3.05) is 5.75 Å². The Bertz CT molecular complexity index is 668. The van der Waals surface area contributed by atoms with Gasteiger partial charge in [0.2, 0.25) is 6.33 Å². The van der Waals surface area contributed by atoms with Crippen LogP contribution in [0.5, 0.6) is 0 Å². The molecule has 7 nitrogen and oxygen atoms in total. The van der Waals surface area contributed by atoms with Crippen molar-refractivity contribution in [1.82, 2.24) is 9.55 Å². The number of carbonyl (C=O) groups is 1. The number of carboxylic acids is 1. The number of hydrogen-bond donors (Lipinski definition) is 1. The van der Waals surface area contributed by atoms with Gasteiger partial charge < -0.3 is 15.2 Å². The molecule has 0 spiro atoms. The standard InChI is InChI=1S/C12H11N3O4S/c1-2-20-9-5-3-4-8(11(9)12(16)17)14-6-10(13-7-14)15(18)19/h3-7H,2H2,1H3,(H,16,17). The lowest BCUT2D eigenvalue weighted by atomic mass is 10.2. The first-order chi connectivity index (χ1) is 9.54. The van der Waals surface area contributed by atoms with Gasteiger partial charge in [0, 0.05) is 4.90 Å². The summed E-state index contributed by atoms with van der Waals surface area (Å²) < 4.78 is 1.35. The van der Waals surface area contributed by atoms with Gasteiger partial charge in [0.05, 0.1) is 11.3 Å². The van der Waals surface area contributed by atoms with Gasteiger partial charge in [-0.25, -0.2) is 4.79 Å². The van der Waals surface area contributed by atoms with Gasteiger partial charge in [-0.1, -0.05) is 13.0 Å². The molecule has 0 aliphatic rings. The number of aromatic nitrogens is 2. The lowest BCUT2D eigenvalue weighted by Crippen LogP contribution is -2.06. The van der Waals surface area contributed by atoms with Gasteiger partial charge >= 0.3 is 11.8 Å². The Morgan fingerprint density at radius 3 is 2.85 bits per heavy atom. The molecule has 8 heteroatoms. The number of rotatable bonds is 5. The Hall–Kier alpha value is -2.35. The molecule has 1 N–H and O–H groups in total. The van der Waals surface area contributed by atoms with E-state index in [2.05, 4.69) is 4.98 Å². The fraction of sp³-hybridized carbons (Fsp3) is 0.167. The first-order valence-electron chi connectivity index (χ1n) is 5.72. The molecule has 0 saturated heterocycles. The maximum absolute atomic E-state index is 11.5. The lowest BCUT2D eigenvalue weighted by Gasteiger charge is -2.10. The van der Waals surface area contributed by atoms with E-state index in [0.717, 1.165) is 5.75 Å². The summed E-state index contributed by atoms with van der Waals surface area (Å²) in [6.07, 6.45) is 2.43. The Kier molecular flexibility index (Phi) is 4.04. The van der Waals surface area contributed by atoms with E-state index < -0.39 is 10.9 Å². The Morgan fingerprint density at radius 1 is 1.55 bits per heavy atom. The summed E-state index contributed by atoms with van der Waals surface area (Å²) in [5.41, 5.74) is 0.475. The molecule has 1 aromatic heterocycles. The number of thioether (sulfide) groups is 1. The van der Waals surface area contributed by atoms with E-state index in [9.17, 15) is 20.0 Å². The van der Waals surface area contributed by atoms with Gasteiger partial charge in [-0.2, -0.15) is 0 Å². The van der Waals surface area contributed by atoms with E-state index in [4.69, 9.17) is 0 Å². The third-order valence-electron chi connectivity index (χ3n) is 2.55. The van der Waals surface area contributed by atoms with E-state index >= 15 is 0 Å². The van der Waals surface area contributed by atoms with Crippen LogP contribution >= 0.6 is 11.8 Å². The molecule has 2 rings (SSSR count). The number of imidazole rings is 1. The highest BCUT2D eigenvalue weighted by atomic mass is 32.2. The van der Waals surface area contributed by atoms with Crippen LogP contribution in [0.3, 0.4) is 0 Å². The van der Waals surface area contributed by atoms with Crippen molar-refractivity contribution in [1.29, 1.82) is 0 Å². The average Bonchev–Trinajstić information content (AvgIpc) is 2.88. The molecule has 0 bridgehead atoms. The zero-order chi connectivity index (χ0) is 14.7. The third-order valence-corrected chi connectivity index (χ3v) is 3.49. The SMILES string of the molecule is CCSc1cccc(-n2cnc([N+](=O)[O-])c2)c1C(=O)O. The van der Waals surface area contributed by atoms with Crippen LogP contribution in [-0.4, -0.2) is 31.3 Å². The first kappa shape index (κ1) is 14.1. The van der Waals surface area contributed by atoms with Crippen molar-refractivity contribution in [2.45, 2.75) is 11.8 Å². The summed E-state index contributed by atoms with van der Waals surface area (Å²) >= 11 is 1.40. The monoisotopic (exact) mass is 293 g/mol. The van der Waals surface area contributed by atoms with Crippen LogP contribution < -0.4 is 0 Å². The predicted molar refractivity (Wildman–Crippen MR) is 73.6 cm³/mol. The van der Waals surface area contributed by atoms with E-state index in [1.54, 1.807) is 18.2 Å². The highest BCUT2D eigenvalue weighted by molar-refractivity contribution is 7.99. The number of hydrogen-bond acceptors (Lipinski definition) is 5. The molecule has 0 saturated carbocycles. The molecular weight excluding hydrogens is 282 g/mol. The molecule has 0 aliphatic carbocycles. The van der Waals surface area contributed by atoms with Gasteiger partial charge in [-0.05, 0) is 27.8 Å². The molecule has 0 atom stereocenters. The van der Waals surface area contributed by atoms with Crippen molar-refractivity contribution < 1.29 is 14.8 Å². The smallest absolute Gasteiger partial charge is 0.381 e. The molecule has 0 aliphatic heterocycles. The highest BCUT2D eigenvalue weighted by Crippen LogP contribution is 2.28. The minimum Gasteiger partial charge on any atom is -0.478 e. The molecule has 0 fully saturated rings. The topological polar surface area (TPSA) is 98.3 Å². The fourth-order valence-corrected chi connectivity index (χ4v) is 2.59. The largest absolute Gasteiger partial charge is 0.478 e. The summed E-state index contributed by atoms with van der Waals surface area (Å²) in [5, 5.41) is 20.0. The number of carboxylic acid groups (broad SMARTS) is 1. The van der Waals surface area contributed by atoms with Crippen LogP contribution in [-0.2, 0) is 0 Å². The molecule has 2 aromatic rings. The predicted octanol–water partition coefficient (Wildman–Crippen LogP) is 2.59. The van der Waals surface area contributed by atoms with Crippen LogP contribution in [0, 0.1) is 10.1 Å². The minimum atomic E-state index is -1.08. The minimum absolute atomic E-state index is 0.117. The number of aromatic carboxylic acids is 1. The van der Waals surface area contributed by atoms with Crippen LogP contribution in [0.15, 0.2) is 35.6 Å². The van der Waals surface area contributed by atoms with E-state index in [-0.39, 0.29) is 11.4 Å². The van der Waals surface area contributed by atoms with Gasteiger partial charge in [0.25, 0.3) is 0 Å². The van der Waals surface area contributed by atoms with Gasteiger partial charge in [-0.15, -0.1) is 11.8 Å². The quantitative estimate of drug-likeness (QED) is 0.517. The summed E-state index contributed by atoms with van der Waals surface area (Å²) in [5.74, 6) is -0.670. The highest BCUT2D eigenvalue weighted by Gasteiger charge is 2.19. The van der Waals surface area contributed by atoms with Crippen molar-refractivity contribution in [3.63, 3.8) is 0 Å². The number of benzene rings is 1. The fourth-order valence-electron chi connectivity index (χ4n) is 1.76. The van der Waals surface area contributed by atoms with Crippen LogP contribution in [0.4, 0.5) is 5.82 Å². The Balaban J connectivity index is 2.57. The zero-order valence-corrected chi connectivity index (χ0v) is 11.3. The van der Waals surface area contributed by atoms with Crippen LogP contribution in [0.1, 0.15) is 17.3 Å². The Morgan fingerprint density at radius 2 is 2.30 bits per heavy atom. The molecule has 104 valence electrons.